The first-order valence-corrected chi connectivity index (χ1v) is 8.35. The van der Waals surface area contributed by atoms with E-state index in [1.807, 2.05) is 0 Å². The van der Waals surface area contributed by atoms with Crippen LogP contribution in [-0.2, 0) is 19.1 Å². The summed E-state index contributed by atoms with van der Waals surface area (Å²) in [5.74, 6) is 0.259. The number of nitrogens with one attached hydrogen (secondary N) is 1. The zero-order chi connectivity index (χ0) is 18.4. The summed E-state index contributed by atoms with van der Waals surface area (Å²) in [4.78, 5) is 9.51. The Morgan fingerprint density at radius 1 is 1.36 bits per heavy atom. The first-order chi connectivity index (χ1) is 11.8. The molecule has 1 N–H and O–H groups in total. The van der Waals surface area contributed by atoms with E-state index in [0.29, 0.717) is 30.5 Å². The van der Waals surface area contributed by atoms with Crippen molar-refractivity contribution in [2.24, 2.45) is 4.99 Å². The van der Waals surface area contributed by atoms with Gasteiger partial charge >= 0.3 is 6.18 Å². The molecular formula is C16H18F4N4S. The molecule has 2 aromatic rings. The Kier molecular flexibility index (Phi) is 6.35. The lowest BCUT2D eigenvalue weighted by Gasteiger charge is -2.22. The van der Waals surface area contributed by atoms with Crippen molar-refractivity contribution in [3.63, 3.8) is 0 Å². The Morgan fingerprint density at radius 3 is 2.72 bits per heavy atom. The highest BCUT2D eigenvalue weighted by molar-refractivity contribution is 7.09. The van der Waals surface area contributed by atoms with Gasteiger partial charge in [0.05, 0.1) is 5.01 Å². The summed E-state index contributed by atoms with van der Waals surface area (Å²) >= 11 is 0.982. The van der Waals surface area contributed by atoms with Crippen molar-refractivity contribution in [3.05, 3.63) is 51.7 Å². The van der Waals surface area contributed by atoms with E-state index in [1.165, 1.54) is 12.1 Å². The van der Waals surface area contributed by atoms with Gasteiger partial charge in [-0.15, -0.1) is 11.3 Å². The highest BCUT2D eigenvalue weighted by Gasteiger charge is 2.33. The molecule has 0 radical (unpaired) electrons. The van der Waals surface area contributed by atoms with Crippen LogP contribution < -0.4 is 5.32 Å². The molecule has 1 aromatic heterocycles. The van der Waals surface area contributed by atoms with Gasteiger partial charge in [0.15, 0.2) is 11.7 Å². The number of aliphatic imine (C=N–C) groups is 1. The largest absolute Gasteiger partial charge is 0.434 e. The van der Waals surface area contributed by atoms with Gasteiger partial charge in [0.2, 0.25) is 0 Å². The van der Waals surface area contributed by atoms with E-state index < -0.39 is 11.9 Å². The van der Waals surface area contributed by atoms with Crippen molar-refractivity contribution in [1.29, 1.82) is 0 Å². The number of guanidine groups is 1. The number of hydrogen-bond acceptors (Lipinski definition) is 3. The molecule has 0 bridgehead atoms. The molecule has 136 valence electrons. The Bertz CT molecular complexity index is 727. The standard InChI is InChI=1S/C16H18F4N4S/c1-21-15(24(2)9-11-4-3-5-12(17)8-11)22-7-6-14-23-13(10-25-14)16(18,19)20/h3-5,8,10H,6-7,9H2,1-2H3,(H,21,22). The van der Waals surface area contributed by atoms with Crippen LogP contribution in [0.25, 0.3) is 0 Å². The molecule has 0 fully saturated rings. The maximum atomic E-state index is 13.2. The van der Waals surface area contributed by atoms with Crippen LogP contribution in [0.5, 0.6) is 0 Å². The molecule has 0 aliphatic carbocycles. The van der Waals surface area contributed by atoms with Gasteiger partial charge in [-0.2, -0.15) is 13.2 Å². The van der Waals surface area contributed by atoms with Crippen molar-refractivity contribution in [3.8, 4) is 0 Å². The smallest absolute Gasteiger partial charge is 0.356 e. The molecule has 0 saturated carbocycles. The summed E-state index contributed by atoms with van der Waals surface area (Å²) in [6.07, 6.45) is -4.06. The van der Waals surface area contributed by atoms with Crippen LogP contribution in [0.2, 0.25) is 0 Å². The van der Waals surface area contributed by atoms with Gasteiger partial charge in [0, 0.05) is 39.0 Å². The van der Waals surface area contributed by atoms with Crippen LogP contribution >= 0.6 is 11.3 Å². The molecule has 4 nitrogen and oxygen atoms in total. The lowest BCUT2D eigenvalue weighted by atomic mass is 10.2. The fourth-order valence-electron chi connectivity index (χ4n) is 2.21. The Balaban J connectivity index is 1.86. The minimum Gasteiger partial charge on any atom is -0.356 e. The molecule has 2 rings (SSSR count). The third-order valence-corrected chi connectivity index (χ3v) is 4.25. The average Bonchev–Trinajstić information content (AvgIpc) is 3.00. The van der Waals surface area contributed by atoms with Crippen molar-refractivity contribution in [2.75, 3.05) is 20.6 Å². The third-order valence-electron chi connectivity index (χ3n) is 3.35. The second-order valence-electron chi connectivity index (χ2n) is 5.33. The number of halogens is 4. The molecule has 0 amide bonds. The van der Waals surface area contributed by atoms with Gasteiger partial charge in [0.25, 0.3) is 0 Å². The first kappa shape index (κ1) is 19.2. The minimum atomic E-state index is -4.41. The number of hydrogen-bond donors (Lipinski definition) is 1. The predicted molar refractivity (Wildman–Crippen MR) is 90.0 cm³/mol. The molecule has 0 spiro atoms. The highest BCUT2D eigenvalue weighted by Crippen LogP contribution is 2.29. The number of thiazole rings is 1. The second-order valence-corrected chi connectivity index (χ2v) is 6.28. The van der Waals surface area contributed by atoms with Crippen LogP contribution in [-0.4, -0.2) is 36.5 Å². The minimum absolute atomic E-state index is 0.307. The topological polar surface area (TPSA) is 40.5 Å². The summed E-state index contributed by atoms with van der Waals surface area (Å²) in [6.45, 7) is 0.845. The number of nitrogens with zero attached hydrogens (tertiary/aromatic N) is 3. The summed E-state index contributed by atoms with van der Waals surface area (Å²) in [5, 5.41) is 4.49. The zero-order valence-corrected chi connectivity index (χ0v) is 14.6. The van der Waals surface area contributed by atoms with Gasteiger partial charge in [-0.25, -0.2) is 9.37 Å². The van der Waals surface area contributed by atoms with E-state index in [2.05, 4.69) is 15.3 Å². The second kappa shape index (κ2) is 8.28. The summed E-state index contributed by atoms with van der Waals surface area (Å²) in [5.41, 5.74) is -0.0692. The Labute approximate surface area is 147 Å². The van der Waals surface area contributed by atoms with Gasteiger partial charge in [-0.05, 0) is 17.7 Å². The molecule has 9 heteroatoms. The lowest BCUT2D eigenvalue weighted by Crippen LogP contribution is -2.39. The van der Waals surface area contributed by atoms with Gasteiger partial charge in [-0.1, -0.05) is 12.1 Å². The highest BCUT2D eigenvalue weighted by atomic mass is 32.1. The average molecular weight is 374 g/mol. The molecule has 0 saturated heterocycles. The van der Waals surface area contributed by atoms with Gasteiger partial charge in [-0.3, -0.25) is 4.99 Å². The molecule has 0 aliphatic rings. The van der Waals surface area contributed by atoms with Crippen molar-refractivity contribution < 1.29 is 17.6 Å². The number of alkyl halides is 3. The van der Waals surface area contributed by atoms with Crippen LogP contribution in [0.3, 0.4) is 0 Å². The van der Waals surface area contributed by atoms with Crippen LogP contribution in [0.15, 0.2) is 34.6 Å². The van der Waals surface area contributed by atoms with Crippen molar-refractivity contribution in [2.45, 2.75) is 19.1 Å². The van der Waals surface area contributed by atoms with Gasteiger partial charge in [0.1, 0.15) is 5.82 Å². The maximum absolute atomic E-state index is 13.2. The fourth-order valence-corrected chi connectivity index (χ4v) is 3.01. The van der Waals surface area contributed by atoms with E-state index in [1.54, 1.807) is 31.1 Å². The molecule has 0 aliphatic heterocycles. The fraction of sp³-hybridized carbons (Fsp3) is 0.375. The van der Waals surface area contributed by atoms with Crippen molar-refractivity contribution >= 4 is 17.3 Å². The maximum Gasteiger partial charge on any atom is 0.434 e. The normalized spacial score (nSPS) is 12.3. The van der Waals surface area contributed by atoms with E-state index in [-0.39, 0.29) is 5.82 Å². The Hall–Kier alpha value is -2.16. The molecule has 1 aromatic carbocycles. The van der Waals surface area contributed by atoms with E-state index in [4.69, 9.17) is 0 Å². The molecule has 0 atom stereocenters. The lowest BCUT2D eigenvalue weighted by molar-refractivity contribution is -0.140. The molecule has 1 heterocycles. The Morgan fingerprint density at radius 2 is 2.12 bits per heavy atom. The predicted octanol–water partition coefficient (Wildman–Crippen LogP) is 3.55. The van der Waals surface area contributed by atoms with Gasteiger partial charge < -0.3 is 10.2 Å². The SMILES string of the molecule is CN=C(NCCc1nc(C(F)(F)F)cs1)N(C)Cc1cccc(F)c1. The van der Waals surface area contributed by atoms with Crippen molar-refractivity contribution in [1.82, 2.24) is 15.2 Å². The van der Waals surface area contributed by atoms with E-state index in [0.717, 1.165) is 22.3 Å². The third kappa shape index (κ3) is 5.70. The number of benzene rings is 1. The summed E-state index contributed by atoms with van der Waals surface area (Å²) in [6, 6.07) is 6.26. The van der Waals surface area contributed by atoms with Crippen LogP contribution in [0.4, 0.5) is 17.6 Å². The summed E-state index contributed by atoms with van der Waals surface area (Å²) in [7, 11) is 3.40. The van der Waals surface area contributed by atoms with Crippen LogP contribution in [0.1, 0.15) is 16.3 Å². The first-order valence-electron chi connectivity index (χ1n) is 7.47. The molecule has 0 unspecified atom stereocenters. The van der Waals surface area contributed by atoms with E-state index in [9.17, 15) is 17.6 Å². The molecule has 25 heavy (non-hydrogen) atoms. The van der Waals surface area contributed by atoms with E-state index >= 15 is 0 Å². The number of rotatable bonds is 5. The summed E-state index contributed by atoms with van der Waals surface area (Å²) < 4.78 is 50.8. The molecular weight excluding hydrogens is 356 g/mol. The van der Waals surface area contributed by atoms with Crippen LogP contribution in [0, 0.1) is 5.82 Å². The monoisotopic (exact) mass is 374 g/mol. The zero-order valence-electron chi connectivity index (χ0n) is 13.8. The quantitative estimate of drug-likeness (QED) is 0.494. The number of aromatic nitrogens is 1.